The van der Waals surface area contributed by atoms with Crippen molar-refractivity contribution in [3.63, 3.8) is 0 Å². The maximum Gasteiger partial charge on any atom is 0.415 e. The van der Waals surface area contributed by atoms with Gasteiger partial charge in [0.2, 0.25) is 0 Å². The molecule has 0 spiro atoms. The van der Waals surface area contributed by atoms with Crippen LogP contribution >= 0.6 is 27.3 Å². The quantitative estimate of drug-likeness (QED) is 0.537. The maximum absolute atomic E-state index is 14.1. The number of carbonyl (C=O) groups excluding carboxylic acids is 2. The SMILES string of the molecule is CCOC(=O)c1c(N(Cc2c(F)cccc2F)C(=O)OCC)sc(Br)c1C. The first-order chi connectivity index (χ1) is 12.8. The highest BCUT2D eigenvalue weighted by molar-refractivity contribution is 9.11. The van der Waals surface area contributed by atoms with E-state index in [2.05, 4.69) is 15.9 Å². The second kappa shape index (κ2) is 9.27. The summed E-state index contributed by atoms with van der Waals surface area (Å²) in [4.78, 5) is 26.0. The lowest BCUT2D eigenvalue weighted by molar-refractivity contribution is 0.0527. The van der Waals surface area contributed by atoms with Crippen molar-refractivity contribution < 1.29 is 27.8 Å². The Morgan fingerprint density at radius 2 is 1.74 bits per heavy atom. The number of hydrogen-bond acceptors (Lipinski definition) is 5. The van der Waals surface area contributed by atoms with E-state index in [9.17, 15) is 18.4 Å². The Kier molecular flexibility index (Phi) is 7.32. The minimum absolute atomic E-state index is 0.0648. The van der Waals surface area contributed by atoms with E-state index >= 15 is 0 Å². The van der Waals surface area contributed by atoms with Gasteiger partial charge in [-0.15, -0.1) is 11.3 Å². The number of esters is 1. The van der Waals surface area contributed by atoms with Crippen molar-refractivity contribution in [2.24, 2.45) is 0 Å². The molecule has 9 heteroatoms. The molecular weight excluding hydrogens is 444 g/mol. The number of halogens is 3. The van der Waals surface area contributed by atoms with Gasteiger partial charge in [0.05, 0.1) is 29.1 Å². The topological polar surface area (TPSA) is 55.8 Å². The first-order valence-corrected chi connectivity index (χ1v) is 9.75. The number of benzene rings is 1. The van der Waals surface area contributed by atoms with E-state index in [1.807, 2.05) is 0 Å². The van der Waals surface area contributed by atoms with E-state index < -0.39 is 30.2 Å². The number of thiophene rings is 1. The fraction of sp³-hybridized carbons (Fsp3) is 0.333. The Bertz CT molecular complexity index is 836. The zero-order chi connectivity index (χ0) is 20.1. The molecule has 0 bridgehead atoms. The first kappa shape index (κ1) is 21.3. The van der Waals surface area contributed by atoms with Gasteiger partial charge in [-0.1, -0.05) is 6.07 Å². The van der Waals surface area contributed by atoms with Crippen LogP contribution in [0.25, 0.3) is 0 Å². The second-order valence-electron chi connectivity index (χ2n) is 5.39. The molecule has 1 aromatic heterocycles. The lowest BCUT2D eigenvalue weighted by Crippen LogP contribution is -2.32. The molecule has 2 rings (SSSR count). The van der Waals surface area contributed by atoms with Crippen LogP contribution in [0.4, 0.5) is 18.6 Å². The average Bonchev–Trinajstić information content (AvgIpc) is 2.90. The summed E-state index contributed by atoms with van der Waals surface area (Å²) in [6.45, 7) is 4.73. The highest BCUT2D eigenvalue weighted by atomic mass is 79.9. The summed E-state index contributed by atoms with van der Waals surface area (Å²) < 4.78 is 39.0. The monoisotopic (exact) mass is 461 g/mol. The zero-order valence-corrected chi connectivity index (χ0v) is 17.4. The Morgan fingerprint density at radius 1 is 1.15 bits per heavy atom. The van der Waals surface area contributed by atoms with Gasteiger partial charge in [-0.25, -0.2) is 18.4 Å². The standard InChI is InChI=1S/C18H18BrF2NO4S/c1-4-25-17(23)14-10(3)15(19)27-16(14)22(18(24)26-5-2)9-11-12(20)7-6-8-13(11)21/h6-8H,4-5,9H2,1-3H3. The summed E-state index contributed by atoms with van der Waals surface area (Å²) >= 11 is 4.43. The number of carbonyl (C=O) groups is 2. The van der Waals surface area contributed by atoms with Crippen LogP contribution in [0, 0.1) is 18.6 Å². The molecule has 0 aliphatic rings. The molecule has 0 aliphatic heterocycles. The van der Waals surface area contributed by atoms with Crippen LogP contribution in [0.5, 0.6) is 0 Å². The highest BCUT2D eigenvalue weighted by Gasteiger charge is 2.30. The van der Waals surface area contributed by atoms with Gasteiger partial charge in [0.1, 0.15) is 16.6 Å². The molecule has 0 unspecified atom stereocenters. The van der Waals surface area contributed by atoms with Crippen molar-refractivity contribution in [1.29, 1.82) is 0 Å². The van der Waals surface area contributed by atoms with Crippen LogP contribution in [0.3, 0.4) is 0 Å². The van der Waals surface area contributed by atoms with Gasteiger partial charge in [0.25, 0.3) is 0 Å². The molecule has 146 valence electrons. The highest BCUT2D eigenvalue weighted by Crippen LogP contribution is 2.40. The van der Waals surface area contributed by atoms with Gasteiger partial charge in [0.15, 0.2) is 0 Å². The van der Waals surface area contributed by atoms with Gasteiger partial charge in [-0.05, 0) is 54.4 Å². The van der Waals surface area contributed by atoms with Gasteiger partial charge in [0, 0.05) is 5.56 Å². The molecule has 1 aromatic carbocycles. The second-order valence-corrected chi connectivity index (χ2v) is 7.70. The molecule has 0 saturated heterocycles. The molecule has 0 radical (unpaired) electrons. The van der Waals surface area contributed by atoms with E-state index in [4.69, 9.17) is 9.47 Å². The number of ether oxygens (including phenoxy) is 2. The fourth-order valence-electron chi connectivity index (χ4n) is 2.37. The van der Waals surface area contributed by atoms with Crippen molar-refractivity contribution in [3.05, 3.63) is 50.3 Å². The molecule has 0 aliphatic carbocycles. The molecule has 0 fully saturated rings. The normalized spacial score (nSPS) is 10.6. The Balaban J connectivity index is 2.57. The summed E-state index contributed by atoms with van der Waals surface area (Å²) in [6, 6.07) is 3.44. The van der Waals surface area contributed by atoms with Crippen LogP contribution in [-0.2, 0) is 16.0 Å². The molecule has 1 amide bonds. The largest absolute Gasteiger partial charge is 0.462 e. The van der Waals surface area contributed by atoms with Gasteiger partial charge < -0.3 is 9.47 Å². The van der Waals surface area contributed by atoms with Crippen molar-refractivity contribution >= 4 is 44.3 Å². The third-order valence-corrected chi connectivity index (χ3v) is 5.84. The summed E-state index contributed by atoms with van der Waals surface area (Å²) in [5.74, 6) is -2.22. The lowest BCUT2D eigenvalue weighted by atomic mass is 10.1. The summed E-state index contributed by atoms with van der Waals surface area (Å²) in [5, 5.41) is 0.193. The van der Waals surface area contributed by atoms with Crippen LogP contribution in [-0.4, -0.2) is 25.3 Å². The van der Waals surface area contributed by atoms with Gasteiger partial charge in [-0.2, -0.15) is 0 Å². The minimum atomic E-state index is -0.820. The molecule has 0 saturated carbocycles. The van der Waals surface area contributed by atoms with Crippen molar-refractivity contribution in [2.75, 3.05) is 18.1 Å². The molecule has 0 atom stereocenters. The van der Waals surface area contributed by atoms with Gasteiger partial charge in [-0.3, -0.25) is 4.90 Å². The van der Waals surface area contributed by atoms with Crippen LogP contribution < -0.4 is 4.90 Å². The average molecular weight is 462 g/mol. The molecular formula is C18H18BrF2NO4S. The fourth-order valence-corrected chi connectivity index (χ4v) is 4.04. The van der Waals surface area contributed by atoms with E-state index in [0.29, 0.717) is 9.35 Å². The summed E-state index contributed by atoms with van der Waals surface area (Å²) in [5.41, 5.74) is 0.415. The predicted octanol–water partition coefficient (Wildman–Crippen LogP) is 5.44. The van der Waals surface area contributed by atoms with E-state index in [1.165, 1.54) is 6.07 Å². The van der Waals surface area contributed by atoms with Crippen molar-refractivity contribution in [2.45, 2.75) is 27.3 Å². The minimum Gasteiger partial charge on any atom is -0.462 e. The van der Waals surface area contributed by atoms with E-state index in [1.54, 1.807) is 20.8 Å². The lowest BCUT2D eigenvalue weighted by Gasteiger charge is -2.22. The number of rotatable bonds is 6. The Hall–Kier alpha value is -2.00. The summed E-state index contributed by atoms with van der Waals surface area (Å²) in [7, 11) is 0. The zero-order valence-electron chi connectivity index (χ0n) is 15.0. The number of hydrogen-bond donors (Lipinski definition) is 0. The molecule has 5 nitrogen and oxygen atoms in total. The molecule has 0 N–H and O–H groups in total. The molecule has 1 heterocycles. The van der Waals surface area contributed by atoms with Crippen LogP contribution in [0.15, 0.2) is 22.0 Å². The van der Waals surface area contributed by atoms with Crippen LogP contribution in [0.1, 0.15) is 35.3 Å². The predicted molar refractivity (Wildman–Crippen MR) is 102 cm³/mol. The number of nitrogens with zero attached hydrogens (tertiary/aromatic N) is 1. The van der Waals surface area contributed by atoms with E-state index in [0.717, 1.165) is 28.4 Å². The Labute approximate surface area is 168 Å². The summed E-state index contributed by atoms with van der Waals surface area (Å²) in [6.07, 6.45) is -0.820. The Morgan fingerprint density at radius 3 is 2.30 bits per heavy atom. The number of anilines is 1. The third kappa shape index (κ3) is 4.65. The maximum atomic E-state index is 14.1. The first-order valence-electron chi connectivity index (χ1n) is 8.14. The smallest absolute Gasteiger partial charge is 0.415 e. The third-order valence-electron chi connectivity index (χ3n) is 3.66. The van der Waals surface area contributed by atoms with Gasteiger partial charge >= 0.3 is 12.1 Å². The van der Waals surface area contributed by atoms with E-state index in [-0.39, 0.29) is 29.3 Å². The van der Waals surface area contributed by atoms with Crippen molar-refractivity contribution in [3.8, 4) is 0 Å². The van der Waals surface area contributed by atoms with Crippen molar-refractivity contribution in [1.82, 2.24) is 0 Å². The number of amides is 1. The molecule has 27 heavy (non-hydrogen) atoms. The van der Waals surface area contributed by atoms with Crippen LogP contribution in [0.2, 0.25) is 0 Å². The molecule has 2 aromatic rings.